The molecule has 1 amide bonds. The molecule has 0 spiro atoms. The van der Waals surface area contributed by atoms with Crippen molar-refractivity contribution in [1.29, 1.82) is 0 Å². The Morgan fingerprint density at radius 3 is 2.41 bits per heavy atom. The minimum atomic E-state index is -3.65. The fourth-order valence-corrected chi connectivity index (χ4v) is 6.17. The summed E-state index contributed by atoms with van der Waals surface area (Å²) in [5.41, 5.74) is 3.56. The van der Waals surface area contributed by atoms with Gasteiger partial charge in [-0.3, -0.25) is 4.79 Å². The first kappa shape index (κ1) is 21.2. The van der Waals surface area contributed by atoms with E-state index >= 15 is 0 Å². The molecular formula is C23H23ClN4O3S. The number of aromatic nitrogens is 2. The Balaban J connectivity index is 1.35. The van der Waals surface area contributed by atoms with Gasteiger partial charge in [-0.1, -0.05) is 35.9 Å². The molecule has 1 aromatic heterocycles. The van der Waals surface area contributed by atoms with Crippen molar-refractivity contribution >= 4 is 27.5 Å². The van der Waals surface area contributed by atoms with Crippen LogP contribution in [-0.2, 0) is 22.9 Å². The van der Waals surface area contributed by atoms with Gasteiger partial charge in [-0.05, 0) is 49.6 Å². The number of nitrogens with zero attached hydrogens (tertiary/aromatic N) is 4. The smallest absolute Gasteiger partial charge is 0.274 e. The summed E-state index contributed by atoms with van der Waals surface area (Å²) in [5, 5.41) is 5.06. The molecule has 7 nitrogen and oxygen atoms in total. The van der Waals surface area contributed by atoms with Crippen molar-refractivity contribution in [3.8, 4) is 5.69 Å². The van der Waals surface area contributed by atoms with Crippen molar-refractivity contribution in [2.24, 2.45) is 0 Å². The molecule has 2 aromatic carbocycles. The molecule has 3 aromatic rings. The lowest BCUT2D eigenvalue weighted by Gasteiger charge is -2.33. The summed E-state index contributed by atoms with van der Waals surface area (Å²) < 4.78 is 29.2. The number of benzene rings is 2. The summed E-state index contributed by atoms with van der Waals surface area (Å²) in [6, 6.07) is 16.1. The number of piperazine rings is 1. The number of halogens is 1. The molecule has 166 valence electrons. The highest BCUT2D eigenvalue weighted by Gasteiger charge is 2.34. The molecule has 0 radical (unpaired) electrons. The van der Waals surface area contributed by atoms with Crippen LogP contribution >= 0.6 is 11.6 Å². The first-order valence-electron chi connectivity index (χ1n) is 10.7. The minimum absolute atomic E-state index is 0.127. The molecule has 0 bridgehead atoms. The monoisotopic (exact) mass is 470 g/mol. The standard InChI is InChI=1S/C23H23ClN4O3S/c24-17-6-4-9-19(16-17)32(30,31)27-14-12-26(13-15-27)23(29)22-20-10-5-11-21(20)28(25-22)18-7-2-1-3-8-18/h1-4,6-9,16H,5,10-15H2. The summed E-state index contributed by atoms with van der Waals surface area (Å²) in [7, 11) is -3.65. The topological polar surface area (TPSA) is 75.5 Å². The van der Waals surface area contributed by atoms with Crippen LogP contribution in [0.15, 0.2) is 59.5 Å². The SMILES string of the molecule is O=C(c1nn(-c2ccccc2)c2c1CCC2)N1CCN(S(=O)(=O)c2cccc(Cl)c2)CC1. The molecule has 0 atom stereocenters. The van der Waals surface area contributed by atoms with E-state index in [0.29, 0.717) is 23.8 Å². The number of para-hydroxylation sites is 1. The predicted molar refractivity (Wildman–Crippen MR) is 122 cm³/mol. The number of hydrogen-bond donors (Lipinski definition) is 0. The van der Waals surface area contributed by atoms with Gasteiger partial charge in [-0.2, -0.15) is 9.40 Å². The largest absolute Gasteiger partial charge is 0.335 e. The van der Waals surface area contributed by atoms with Gasteiger partial charge < -0.3 is 4.90 Å². The van der Waals surface area contributed by atoms with E-state index in [9.17, 15) is 13.2 Å². The first-order valence-corrected chi connectivity index (χ1v) is 12.5. The summed E-state index contributed by atoms with van der Waals surface area (Å²) >= 11 is 5.97. The third kappa shape index (κ3) is 3.72. The van der Waals surface area contributed by atoms with Gasteiger partial charge in [-0.25, -0.2) is 13.1 Å². The molecule has 1 fully saturated rings. The molecule has 1 saturated heterocycles. The lowest BCUT2D eigenvalue weighted by atomic mass is 10.1. The van der Waals surface area contributed by atoms with Crippen LogP contribution in [0.1, 0.15) is 28.2 Å². The molecule has 1 aliphatic heterocycles. The zero-order valence-electron chi connectivity index (χ0n) is 17.4. The van der Waals surface area contributed by atoms with Crippen LogP contribution in [0, 0.1) is 0 Å². The molecule has 2 heterocycles. The van der Waals surface area contributed by atoms with Crippen LogP contribution in [-0.4, -0.2) is 59.5 Å². The average molecular weight is 471 g/mol. The highest BCUT2D eigenvalue weighted by Crippen LogP contribution is 2.29. The third-order valence-corrected chi connectivity index (χ3v) is 8.22. The summed E-state index contributed by atoms with van der Waals surface area (Å²) in [5.74, 6) is -0.127. The van der Waals surface area contributed by atoms with Crippen LogP contribution in [0.3, 0.4) is 0 Å². The Hall–Kier alpha value is -2.68. The molecule has 1 aliphatic carbocycles. The van der Waals surface area contributed by atoms with Crippen molar-refractivity contribution in [3.63, 3.8) is 0 Å². The van der Waals surface area contributed by atoms with Crippen molar-refractivity contribution < 1.29 is 13.2 Å². The number of rotatable bonds is 4. The molecule has 0 saturated carbocycles. The van der Waals surface area contributed by atoms with Crippen LogP contribution < -0.4 is 0 Å². The number of carbonyl (C=O) groups excluding carboxylic acids is 1. The van der Waals surface area contributed by atoms with Crippen molar-refractivity contribution in [3.05, 3.63) is 76.6 Å². The van der Waals surface area contributed by atoms with E-state index in [2.05, 4.69) is 5.10 Å². The Morgan fingerprint density at radius 1 is 0.938 bits per heavy atom. The number of amides is 1. The number of hydrogen-bond acceptors (Lipinski definition) is 4. The maximum atomic E-state index is 13.3. The fraction of sp³-hybridized carbons (Fsp3) is 0.304. The van der Waals surface area contributed by atoms with Crippen LogP contribution in [0.25, 0.3) is 5.69 Å². The number of fused-ring (bicyclic) bond motifs is 1. The highest BCUT2D eigenvalue weighted by molar-refractivity contribution is 7.89. The van der Waals surface area contributed by atoms with Gasteiger partial charge in [0.25, 0.3) is 5.91 Å². The van der Waals surface area contributed by atoms with E-state index in [-0.39, 0.29) is 23.9 Å². The lowest BCUT2D eigenvalue weighted by molar-refractivity contribution is 0.0690. The Labute approximate surface area is 192 Å². The van der Waals surface area contributed by atoms with Crippen LogP contribution in [0.5, 0.6) is 0 Å². The minimum Gasteiger partial charge on any atom is -0.335 e. The zero-order valence-corrected chi connectivity index (χ0v) is 19.0. The van der Waals surface area contributed by atoms with Gasteiger partial charge in [-0.15, -0.1) is 0 Å². The van der Waals surface area contributed by atoms with Crippen molar-refractivity contribution in [2.75, 3.05) is 26.2 Å². The maximum absolute atomic E-state index is 13.3. The molecular weight excluding hydrogens is 448 g/mol. The maximum Gasteiger partial charge on any atom is 0.274 e. The fourth-order valence-electron chi connectivity index (χ4n) is 4.45. The normalized spacial score (nSPS) is 16.8. The molecule has 9 heteroatoms. The first-order chi connectivity index (χ1) is 15.4. The van der Waals surface area contributed by atoms with Gasteiger partial charge in [0.05, 0.1) is 10.6 Å². The summed E-state index contributed by atoms with van der Waals surface area (Å²) in [6.45, 7) is 1.13. The van der Waals surface area contributed by atoms with Crippen LogP contribution in [0.4, 0.5) is 0 Å². The van der Waals surface area contributed by atoms with E-state index in [1.54, 1.807) is 17.0 Å². The lowest BCUT2D eigenvalue weighted by Crippen LogP contribution is -2.50. The molecule has 0 unspecified atom stereocenters. The second kappa shape index (κ2) is 8.35. The molecule has 32 heavy (non-hydrogen) atoms. The Kier molecular flexibility index (Phi) is 5.53. The van der Waals surface area contributed by atoms with Gasteiger partial charge >= 0.3 is 0 Å². The van der Waals surface area contributed by atoms with Gasteiger partial charge in [0, 0.05) is 42.5 Å². The summed E-state index contributed by atoms with van der Waals surface area (Å²) in [4.78, 5) is 15.2. The quantitative estimate of drug-likeness (QED) is 0.587. The second-order valence-electron chi connectivity index (χ2n) is 8.03. The van der Waals surface area contributed by atoms with Gasteiger partial charge in [0.15, 0.2) is 5.69 Å². The summed E-state index contributed by atoms with van der Waals surface area (Å²) in [6.07, 6.45) is 2.74. The third-order valence-electron chi connectivity index (χ3n) is 6.09. The number of carbonyl (C=O) groups is 1. The Morgan fingerprint density at radius 2 is 1.69 bits per heavy atom. The van der Waals surface area contributed by atoms with Crippen molar-refractivity contribution in [1.82, 2.24) is 19.0 Å². The molecule has 2 aliphatic rings. The van der Waals surface area contributed by atoms with E-state index < -0.39 is 10.0 Å². The van der Waals surface area contributed by atoms with Crippen LogP contribution in [0.2, 0.25) is 5.02 Å². The van der Waals surface area contributed by atoms with E-state index in [4.69, 9.17) is 11.6 Å². The van der Waals surface area contributed by atoms with E-state index in [1.165, 1.54) is 16.4 Å². The zero-order chi connectivity index (χ0) is 22.3. The van der Waals surface area contributed by atoms with E-state index in [1.807, 2.05) is 35.0 Å². The highest BCUT2D eigenvalue weighted by atomic mass is 35.5. The van der Waals surface area contributed by atoms with Gasteiger partial charge in [0.1, 0.15) is 0 Å². The van der Waals surface area contributed by atoms with E-state index in [0.717, 1.165) is 36.2 Å². The Bertz CT molecular complexity index is 1270. The van der Waals surface area contributed by atoms with Gasteiger partial charge in [0.2, 0.25) is 10.0 Å². The average Bonchev–Trinajstić information content (AvgIpc) is 3.42. The van der Waals surface area contributed by atoms with Crippen molar-refractivity contribution in [2.45, 2.75) is 24.2 Å². The second-order valence-corrected chi connectivity index (χ2v) is 10.4. The molecule has 5 rings (SSSR count). The number of sulfonamides is 1. The predicted octanol–water partition coefficient (Wildman–Crippen LogP) is 3.16. The molecule has 0 N–H and O–H groups in total.